The Bertz CT molecular complexity index is 308. The van der Waals surface area contributed by atoms with E-state index in [4.69, 9.17) is 5.11 Å². The van der Waals surface area contributed by atoms with Crippen molar-refractivity contribution >= 4 is 12.0 Å². The highest BCUT2D eigenvalue weighted by Crippen LogP contribution is 2.16. The summed E-state index contributed by atoms with van der Waals surface area (Å²) in [7, 11) is 0. The van der Waals surface area contributed by atoms with Crippen LogP contribution < -0.4 is 5.32 Å². The van der Waals surface area contributed by atoms with Gasteiger partial charge in [-0.2, -0.15) is 13.2 Å². The molecule has 0 aromatic rings. The van der Waals surface area contributed by atoms with E-state index in [-0.39, 0.29) is 13.0 Å². The van der Waals surface area contributed by atoms with Crippen LogP contribution in [0.15, 0.2) is 0 Å². The SMILES string of the molecule is CCC[C@@H](NC(=O)N(CCC)CC(F)(F)F)C(=O)O. The fourth-order valence-electron chi connectivity index (χ4n) is 1.53. The van der Waals surface area contributed by atoms with Crippen LogP contribution in [0.1, 0.15) is 33.1 Å². The van der Waals surface area contributed by atoms with Gasteiger partial charge in [0, 0.05) is 6.54 Å². The number of hydrogen-bond donors (Lipinski definition) is 2. The lowest BCUT2D eigenvalue weighted by atomic mass is 10.2. The maximum Gasteiger partial charge on any atom is 0.406 e. The molecule has 0 spiro atoms. The molecule has 5 nitrogen and oxygen atoms in total. The fourth-order valence-corrected chi connectivity index (χ4v) is 1.53. The van der Waals surface area contributed by atoms with Crippen molar-refractivity contribution in [3.63, 3.8) is 0 Å². The molecule has 19 heavy (non-hydrogen) atoms. The molecule has 0 fully saturated rings. The Morgan fingerprint density at radius 1 is 1.26 bits per heavy atom. The van der Waals surface area contributed by atoms with E-state index < -0.39 is 30.8 Å². The van der Waals surface area contributed by atoms with Crippen molar-refractivity contribution < 1.29 is 27.9 Å². The first-order valence-corrected chi connectivity index (χ1v) is 6.06. The van der Waals surface area contributed by atoms with E-state index in [9.17, 15) is 22.8 Å². The molecule has 2 amide bonds. The first-order chi connectivity index (χ1) is 8.71. The Morgan fingerprint density at radius 2 is 1.84 bits per heavy atom. The smallest absolute Gasteiger partial charge is 0.406 e. The van der Waals surface area contributed by atoms with Crippen LogP contribution in [-0.4, -0.2) is 47.3 Å². The van der Waals surface area contributed by atoms with Gasteiger partial charge in [0.25, 0.3) is 0 Å². The monoisotopic (exact) mass is 284 g/mol. The van der Waals surface area contributed by atoms with Crippen LogP contribution in [0.2, 0.25) is 0 Å². The zero-order valence-corrected chi connectivity index (χ0v) is 11.0. The molecule has 0 saturated carbocycles. The molecule has 0 radical (unpaired) electrons. The standard InChI is InChI=1S/C11H19F3N2O3/c1-3-5-8(9(17)18)15-10(19)16(6-4-2)7-11(12,13)14/h8H,3-7H2,1-2H3,(H,15,19)(H,17,18)/t8-/m1/s1. The predicted molar refractivity (Wildman–Crippen MR) is 62.8 cm³/mol. The highest BCUT2D eigenvalue weighted by atomic mass is 19.4. The minimum absolute atomic E-state index is 0.0796. The van der Waals surface area contributed by atoms with Gasteiger partial charge in [0.15, 0.2) is 0 Å². The van der Waals surface area contributed by atoms with Gasteiger partial charge in [0.2, 0.25) is 0 Å². The van der Waals surface area contributed by atoms with E-state index in [1.54, 1.807) is 13.8 Å². The first-order valence-electron chi connectivity index (χ1n) is 6.06. The van der Waals surface area contributed by atoms with Crippen molar-refractivity contribution in [3.05, 3.63) is 0 Å². The predicted octanol–water partition coefficient (Wildman–Crippen LogP) is 2.22. The van der Waals surface area contributed by atoms with Crippen molar-refractivity contribution in [2.45, 2.75) is 45.3 Å². The average Bonchev–Trinajstić information content (AvgIpc) is 2.25. The molecule has 0 aliphatic carbocycles. The normalized spacial score (nSPS) is 12.9. The van der Waals surface area contributed by atoms with Crippen molar-refractivity contribution in [1.82, 2.24) is 10.2 Å². The Labute approximate surface area is 109 Å². The van der Waals surface area contributed by atoms with Gasteiger partial charge in [-0.25, -0.2) is 9.59 Å². The lowest BCUT2D eigenvalue weighted by Crippen LogP contribution is -2.50. The summed E-state index contributed by atoms with van der Waals surface area (Å²) in [4.78, 5) is 23.1. The largest absolute Gasteiger partial charge is 0.480 e. The lowest BCUT2D eigenvalue weighted by molar-refractivity contribution is -0.141. The zero-order valence-electron chi connectivity index (χ0n) is 11.0. The van der Waals surface area contributed by atoms with Crippen LogP contribution in [-0.2, 0) is 4.79 Å². The summed E-state index contributed by atoms with van der Waals surface area (Å²) >= 11 is 0. The van der Waals surface area contributed by atoms with E-state index in [1.807, 2.05) is 0 Å². The summed E-state index contributed by atoms with van der Waals surface area (Å²) in [6.07, 6.45) is -3.47. The number of halogens is 3. The minimum atomic E-state index is -4.50. The summed E-state index contributed by atoms with van der Waals surface area (Å²) in [5.74, 6) is -1.25. The summed E-state index contributed by atoms with van der Waals surface area (Å²) in [6.45, 7) is 1.90. The van der Waals surface area contributed by atoms with E-state index in [2.05, 4.69) is 5.32 Å². The Kier molecular flexibility index (Phi) is 7.25. The molecule has 0 rings (SSSR count). The number of alkyl halides is 3. The van der Waals surface area contributed by atoms with Gasteiger partial charge >= 0.3 is 18.2 Å². The number of carboxylic acid groups (broad SMARTS) is 1. The summed E-state index contributed by atoms with van der Waals surface area (Å²) in [5.41, 5.74) is 0. The summed E-state index contributed by atoms with van der Waals surface area (Å²) in [6, 6.07) is -2.16. The number of nitrogens with one attached hydrogen (secondary N) is 1. The van der Waals surface area contributed by atoms with Gasteiger partial charge in [-0.05, 0) is 12.8 Å². The molecule has 0 heterocycles. The molecule has 0 saturated heterocycles. The number of carboxylic acids is 1. The van der Waals surface area contributed by atoms with Crippen LogP contribution in [0, 0.1) is 0 Å². The average molecular weight is 284 g/mol. The summed E-state index contributed by atoms with van der Waals surface area (Å²) < 4.78 is 36.9. The first kappa shape index (κ1) is 17.5. The minimum Gasteiger partial charge on any atom is -0.480 e. The number of aliphatic carboxylic acids is 1. The van der Waals surface area contributed by atoms with Crippen LogP contribution in [0.5, 0.6) is 0 Å². The zero-order chi connectivity index (χ0) is 15.1. The highest BCUT2D eigenvalue weighted by Gasteiger charge is 2.33. The molecule has 1 atom stereocenters. The van der Waals surface area contributed by atoms with Gasteiger partial charge in [-0.15, -0.1) is 0 Å². The number of urea groups is 1. The topological polar surface area (TPSA) is 69.6 Å². The van der Waals surface area contributed by atoms with Crippen molar-refractivity contribution in [1.29, 1.82) is 0 Å². The molecule has 0 aromatic heterocycles. The number of rotatable bonds is 7. The fraction of sp³-hybridized carbons (Fsp3) is 0.818. The summed E-state index contributed by atoms with van der Waals surface area (Å²) in [5, 5.41) is 11.0. The quantitative estimate of drug-likeness (QED) is 0.753. The molecule has 0 aliphatic heterocycles. The third-order valence-corrected chi connectivity index (χ3v) is 2.32. The van der Waals surface area contributed by atoms with E-state index >= 15 is 0 Å². The van der Waals surface area contributed by atoms with Gasteiger partial charge in [0.05, 0.1) is 0 Å². The number of carbonyl (C=O) groups excluding carboxylic acids is 1. The molecule has 8 heteroatoms. The molecule has 0 aliphatic rings. The molecule has 2 N–H and O–H groups in total. The van der Waals surface area contributed by atoms with Gasteiger partial charge in [-0.1, -0.05) is 20.3 Å². The third-order valence-electron chi connectivity index (χ3n) is 2.32. The van der Waals surface area contributed by atoms with Crippen LogP contribution in [0.3, 0.4) is 0 Å². The third kappa shape index (κ3) is 7.53. The van der Waals surface area contributed by atoms with Crippen LogP contribution >= 0.6 is 0 Å². The van der Waals surface area contributed by atoms with Crippen molar-refractivity contribution in [2.24, 2.45) is 0 Å². The van der Waals surface area contributed by atoms with E-state index in [0.29, 0.717) is 17.7 Å². The number of hydrogen-bond acceptors (Lipinski definition) is 2. The number of carbonyl (C=O) groups is 2. The Hall–Kier alpha value is -1.47. The molecular formula is C11H19F3N2O3. The van der Waals surface area contributed by atoms with E-state index in [0.717, 1.165) is 0 Å². The lowest BCUT2D eigenvalue weighted by Gasteiger charge is -2.25. The number of nitrogens with zero attached hydrogens (tertiary/aromatic N) is 1. The van der Waals surface area contributed by atoms with Crippen molar-refractivity contribution in [2.75, 3.05) is 13.1 Å². The van der Waals surface area contributed by atoms with Crippen LogP contribution in [0.25, 0.3) is 0 Å². The van der Waals surface area contributed by atoms with Gasteiger partial charge < -0.3 is 15.3 Å². The second kappa shape index (κ2) is 7.85. The molecule has 0 aromatic carbocycles. The molecule has 112 valence electrons. The molecule has 0 bridgehead atoms. The van der Waals surface area contributed by atoms with Gasteiger partial charge in [-0.3, -0.25) is 0 Å². The van der Waals surface area contributed by atoms with Crippen molar-refractivity contribution in [3.8, 4) is 0 Å². The number of amides is 2. The maximum atomic E-state index is 12.3. The maximum absolute atomic E-state index is 12.3. The second-order valence-electron chi connectivity index (χ2n) is 4.17. The van der Waals surface area contributed by atoms with Crippen LogP contribution in [0.4, 0.5) is 18.0 Å². The Morgan fingerprint density at radius 3 is 2.21 bits per heavy atom. The Balaban J connectivity index is 4.65. The van der Waals surface area contributed by atoms with Gasteiger partial charge in [0.1, 0.15) is 12.6 Å². The second-order valence-corrected chi connectivity index (χ2v) is 4.17. The van der Waals surface area contributed by atoms with E-state index in [1.165, 1.54) is 0 Å². The molecular weight excluding hydrogens is 265 g/mol. The molecule has 0 unspecified atom stereocenters. The highest BCUT2D eigenvalue weighted by molar-refractivity contribution is 5.82.